The summed E-state index contributed by atoms with van der Waals surface area (Å²) < 4.78 is 3.79. The van der Waals surface area contributed by atoms with Crippen molar-refractivity contribution >= 4 is 21.6 Å². The van der Waals surface area contributed by atoms with Crippen molar-refractivity contribution in [1.29, 1.82) is 0 Å². The Hall–Kier alpha value is 1.18. The van der Waals surface area contributed by atoms with E-state index in [1.54, 1.807) is 0 Å². The van der Waals surface area contributed by atoms with Gasteiger partial charge < -0.3 is 0 Å². The predicted octanol–water partition coefficient (Wildman–Crippen LogP) is 0.655. The number of hydrogen-bond donors (Lipinski definition) is 0. The Morgan fingerprint density at radius 3 is 2.57 bits per heavy atom. The molecule has 0 fully saturated rings. The molecule has 0 saturated heterocycles. The van der Waals surface area contributed by atoms with Gasteiger partial charge in [0.05, 0.1) is 0 Å². The van der Waals surface area contributed by atoms with Crippen LogP contribution in [-0.4, -0.2) is 21.6 Å². The fourth-order valence-electron chi connectivity index (χ4n) is 0.375. The molecule has 0 aromatic heterocycles. The molecule has 2 heteroatoms. The fourth-order valence-corrected chi connectivity index (χ4v) is 2.04. The van der Waals surface area contributed by atoms with Gasteiger partial charge in [-0.25, -0.2) is 0 Å². The van der Waals surface area contributed by atoms with Crippen LogP contribution in [0.3, 0.4) is 0 Å². The molecule has 0 spiro atoms. The Labute approximate surface area is 73.7 Å². The molecule has 0 bridgehead atoms. The van der Waals surface area contributed by atoms with Gasteiger partial charge in [-0.3, -0.25) is 0 Å². The average molecular weight is 279 g/mol. The van der Waals surface area contributed by atoms with E-state index in [1.165, 1.54) is 3.52 Å². The molecule has 36 valence electrons. The number of allylic oxidation sites excluding steroid dienone is 3. The van der Waals surface area contributed by atoms with Gasteiger partial charge in [0.15, 0.2) is 0 Å². The molecule has 1 rings (SSSR count). The fraction of sp³-hybridized carbons (Fsp3) is 0.200. The molecule has 0 saturated carbocycles. The number of rotatable bonds is 0. The summed E-state index contributed by atoms with van der Waals surface area (Å²) in [5.74, 6) is 0. The second-order valence-electron chi connectivity index (χ2n) is 1.25. The van der Waals surface area contributed by atoms with Gasteiger partial charge in [-0.2, -0.15) is 0 Å². The molecule has 0 nitrogen and oxygen atoms in total. The topological polar surface area (TPSA) is 0 Å². The molecule has 0 N–H and O–H groups in total. The van der Waals surface area contributed by atoms with Crippen LogP contribution in [-0.2, 0) is 26.2 Å². The van der Waals surface area contributed by atoms with Crippen LogP contribution < -0.4 is 0 Å². The Bertz CT molecular complexity index is 105. The third-order valence-corrected chi connectivity index (χ3v) is 3.28. The summed E-state index contributed by atoms with van der Waals surface area (Å²) in [6.45, 7) is 2.16. The Morgan fingerprint density at radius 2 is 2.43 bits per heavy atom. The first-order chi connectivity index (χ1) is 2.89. The average Bonchev–Trinajstić information content (AvgIpc) is 1.86. The number of hydrogen-bond acceptors (Lipinski definition) is 0. The maximum absolute atomic E-state index is 3.13. The van der Waals surface area contributed by atoms with Gasteiger partial charge in [0.25, 0.3) is 0 Å². The maximum Gasteiger partial charge on any atom is 0 e. The van der Waals surface area contributed by atoms with E-state index in [-0.39, 0.29) is 47.8 Å². The van der Waals surface area contributed by atoms with E-state index in [4.69, 9.17) is 0 Å². The van der Waals surface area contributed by atoms with E-state index in [0.717, 1.165) is 0 Å². The van der Waals surface area contributed by atoms with Crippen LogP contribution >= 0.6 is 0 Å². The van der Waals surface area contributed by atoms with Crippen LogP contribution in [0.1, 0.15) is 6.92 Å². The molecule has 0 atom stereocenters. The van der Waals surface area contributed by atoms with Crippen molar-refractivity contribution in [2.45, 2.75) is 6.92 Å². The van der Waals surface area contributed by atoms with E-state index in [1.807, 2.05) is 6.08 Å². The largest absolute Gasteiger partial charge is 0 e. The summed E-state index contributed by atoms with van der Waals surface area (Å²) in [6.07, 6.45) is 5.17. The molecular weight excluding hydrogens is 273 g/mol. The molecule has 0 aromatic carbocycles. The van der Waals surface area contributed by atoms with E-state index < -0.39 is 0 Å². The zero-order valence-electron chi connectivity index (χ0n) is 4.15. The van der Waals surface area contributed by atoms with Gasteiger partial charge in [-0.05, 0) is 0 Å². The van der Waals surface area contributed by atoms with Gasteiger partial charge in [0.1, 0.15) is 0 Å². The molecule has 1 aliphatic heterocycles. The van der Waals surface area contributed by atoms with Crippen LogP contribution in [0.15, 0.2) is 13.6 Å². The van der Waals surface area contributed by atoms with Gasteiger partial charge in [-0.15, -0.1) is 0 Å². The summed E-state index contributed by atoms with van der Waals surface area (Å²) >= 11 is -0.136. The second-order valence-corrected chi connectivity index (χ2v) is 5.16. The molecule has 0 aromatic rings. The Kier molecular flexibility index (Phi) is 4.79. The Balaban J connectivity index is 0.000000360. The minimum Gasteiger partial charge on any atom is 0 e. The zero-order chi connectivity index (χ0) is 4.41. The van der Waals surface area contributed by atoms with Crippen molar-refractivity contribution in [3.63, 3.8) is 0 Å². The first-order valence-electron chi connectivity index (χ1n) is 1.91. The van der Waals surface area contributed by atoms with Crippen LogP contribution in [0.2, 0.25) is 0 Å². The first kappa shape index (κ1) is 8.18. The summed E-state index contributed by atoms with van der Waals surface area (Å²) in [4.78, 5) is 0. The van der Waals surface area contributed by atoms with E-state index in [2.05, 4.69) is 17.0 Å². The van der Waals surface area contributed by atoms with Crippen LogP contribution in [0, 0.1) is 6.08 Å². The monoisotopic (exact) mass is 277 g/mol. The minimum atomic E-state index is -0.136. The van der Waals surface area contributed by atoms with Crippen molar-refractivity contribution in [2.24, 2.45) is 0 Å². The summed E-state index contributed by atoms with van der Waals surface area (Å²) in [6, 6.07) is 0. The standard InChI is InChI=1S/C5H5.Sb.Zr.H/c1-3-5-4-2;;;/h1,3H,2H3;;;/q-1;;;. The Morgan fingerprint density at radius 1 is 1.71 bits per heavy atom. The first-order valence-corrected chi connectivity index (χ1v) is 4.99. The predicted molar refractivity (Wildman–Crippen MR) is 28.7 cm³/mol. The molecule has 0 amide bonds. The molecular formula is C5H6SbZr-. The van der Waals surface area contributed by atoms with Crippen molar-refractivity contribution < 1.29 is 26.2 Å². The SMILES string of the molecule is C[C]1=[C-]C=[CH][SbH]1.[Zr]. The quantitative estimate of drug-likeness (QED) is 0.451. The van der Waals surface area contributed by atoms with Gasteiger partial charge in [0.2, 0.25) is 0 Å². The third-order valence-electron chi connectivity index (χ3n) is 0.683. The van der Waals surface area contributed by atoms with Crippen LogP contribution in [0.5, 0.6) is 0 Å². The van der Waals surface area contributed by atoms with Crippen molar-refractivity contribution in [3.05, 3.63) is 19.7 Å². The van der Waals surface area contributed by atoms with Crippen molar-refractivity contribution in [2.75, 3.05) is 0 Å². The molecule has 1 heterocycles. The van der Waals surface area contributed by atoms with Gasteiger partial charge in [-0.1, -0.05) is 0 Å². The maximum atomic E-state index is 3.13. The van der Waals surface area contributed by atoms with Gasteiger partial charge >= 0.3 is 48.2 Å². The molecule has 0 radical (unpaired) electrons. The van der Waals surface area contributed by atoms with E-state index in [0.29, 0.717) is 0 Å². The summed E-state index contributed by atoms with van der Waals surface area (Å²) in [5.41, 5.74) is 0. The summed E-state index contributed by atoms with van der Waals surface area (Å²) in [5, 5.41) is 0. The third kappa shape index (κ3) is 2.88. The second kappa shape index (κ2) is 4.10. The molecule has 0 aliphatic carbocycles. The normalized spacial score (nSPS) is 15.9. The van der Waals surface area contributed by atoms with Gasteiger partial charge in [0, 0.05) is 26.2 Å². The minimum absolute atomic E-state index is 0. The molecule has 1 aliphatic rings. The van der Waals surface area contributed by atoms with Crippen molar-refractivity contribution in [1.82, 2.24) is 0 Å². The van der Waals surface area contributed by atoms with E-state index in [9.17, 15) is 0 Å². The molecule has 0 unspecified atom stereocenters. The van der Waals surface area contributed by atoms with Crippen molar-refractivity contribution in [3.8, 4) is 0 Å². The van der Waals surface area contributed by atoms with E-state index >= 15 is 0 Å². The van der Waals surface area contributed by atoms with Crippen LogP contribution in [0.25, 0.3) is 0 Å². The smallest absolute Gasteiger partial charge is 0 e. The van der Waals surface area contributed by atoms with Crippen LogP contribution in [0.4, 0.5) is 0 Å². The zero-order valence-corrected chi connectivity index (χ0v) is 9.47. The summed E-state index contributed by atoms with van der Waals surface area (Å²) in [7, 11) is 0. The molecule has 7 heavy (non-hydrogen) atoms.